The molecule has 0 aliphatic heterocycles. The van der Waals surface area contributed by atoms with E-state index >= 15 is 0 Å². The third-order valence-corrected chi connectivity index (χ3v) is 15.5. The van der Waals surface area contributed by atoms with Crippen molar-refractivity contribution in [2.24, 2.45) is 0 Å². The van der Waals surface area contributed by atoms with E-state index in [4.69, 9.17) is 10.9 Å². The molecule has 0 saturated heterocycles. The molecule has 0 rings (SSSR count). The fourth-order valence-electron chi connectivity index (χ4n) is 1.52. The Morgan fingerprint density at radius 1 is 0.714 bits per heavy atom. The van der Waals surface area contributed by atoms with Crippen LogP contribution in [0.3, 0.4) is 0 Å². The Morgan fingerprint density at radius 3 is 1.19 bits per heavy atom. The van der Waals surface area contributed by atoms with E-state index in [0.717, 1.165) is 19.3 Å². The van der Waals surface area contributed by atoms with E-state index in [1.807, 2.05) is 0 Å². The van der Waals surface area contributed by atoms with Gasteiger partial charge in [0.25, 0.3) is 0 Å². The Morgan fingerprint density at radius 2 is 1.00 bits per heavy atom. The molecule has 0 aromatic carbocycles. The molecule has 0 spiro atoms. The first-order valence-electron chi connectivity index (χ1n) is 8.31. The topological polar surface area (TPSA) is 36.9 Å². The summed E-state index contributed by atoms with van der Waals surface area (Å²) in [4.78, 5) is 0. The summed E-state index contributed by atoms with van der Waals surface area (Å²) in [6.45, 7) is 19.0. The van der Waals surface area contributed by atoms with Crippen molar-refractivity contribution in [3.05, 3.63) is 0 Å². The summed E-state index contributed by atoms with van der Waals surface area (Å²) in [5.74, 6) is 0. The normalized spacial score (nSPS) is 19.9. The molecule has 6 heteroatoms. The van der Waals surface area contributed by atoms with Gasteiger partial charge in [-0.05, 0) is 0 Å². The van der Waals surface area contributed by atoms with Crippen LogP contribution in [-0.4, -0.2) is 26.6 Å². The van der Waals surface area contributed by atoms with E-state index in [9.17, 15) is 0 Å². The zero-order valence-corrected chi connectivity index (χ0v) is 18.9. The maximum atomic E-state index is 6.43. The number of hydrogen-bond acceptors (Lipinski definition) is 4. The monoisotopic (exact) mass is 398 g/mol. The van der Waals surface area contributed by atoms with Crippen LogP contribution in [0.2, 0.25) is 19.6 Å². The van der Waals surface area contributed by atoms with Crippen LogP contribution in [-0.2, 0) is 33.0 Å². The molecule has 0 amide bonds. The molecule has 4 nitrogen and oxygen atoms in total. The second kappa shape index (κ2) is 9.94. The van der Waals surface area contributed by atoms with Crippen molar-refractivity contribution < 1.29 is 33.0 Å². The van der Waals surface area contributed by atoms with Gasteiger partial charge in [0.1, 0.15) is 0 Å². The maximum absolute atomic E-state index is 6.43. The summed E-state index contributed by atoms with van der Waals surface area (Å²) in [6, 6.07) is 0. The number of rotatable bonds is 11. The summed E-state index contributed by atoms with van der Waals surface area (Å²) < 4.78 is 25.3. The molecule has 0 bridgehead atoms. The SMILES string of the molecule is CCC(C)[O][Zr]([O]C(C)CC)([O]C(C)CC)[O][Si](C)(C)C. The van der Waals surface area contributed by atoms with Gasteiger partial charge in [-0.2, -0.15) is 0 Å². The van der Waals surface area contributed by atoms with Crippen LogP contribution < -0.4 is 0 Å². The minimum atomic E-state index is -4.01. The average Bonchev–Trinajstić information content (AvgIpc) is 2.35. The molecule has 0 heterocycles. The first kappa shape index (κ1) is 21.9. The van der Waals surface area contributed by atoms with E-state index in [1.54, 1.807) is 0 Å². The second-order valence-corrected chi connectivity index (χ2v) is 16.9. The summed E-state index contributed by atoms with van der Waals surface area (Å²) in [5, 5.41) is 0. The molecule has 21 heavy (non-hydrogen) atoms. The molecule has 3 unspecified atom stereocenters. The van der Waals surface area contributed by atoms with Gasteiger partial charge in [0.05, 0.1) is 0 Å². The van der Waals surface area contributed by atoms with Crippen LogP contribution in [0.25, 0.3) is 0 Å². The number of hydrogen-bond donors (Lipinski definition) is 0. The fraction of sp³-hybridized carbons (Fsp3) is 1.00. The first-order valence-corrected chi connectivity index (χ1v) is 15.7. The molecule has 0 aliphatic rings. The van der Waals surface area contributed by atoms with E-state index < -0.39 is 30.3 Å². The van der Waals surface area contributed by atoms with Crippen molar-refractivity contribution in [1.29, 1.82) is 0 Å². The predicted molar refractivity (Wildman–Crippen MR) is 86.9 cm³/mol. The molecule has 3 atom stereocenters. The second-order valence-electron chi connectivity index (χ2n) is 6.72. The summed E-state index contributed by atoms with van der Waals surface area (Å²) >= 11 is -4.01. The molecule has 0 aromatic heterocycles. The molecular weight excluding hydrogens is 363 g/mol. The molecule has 128 valence electrons. The van der Waals surface area contributed by atoms with Crippen molar-refractivity contribution >= 4 is 8.32 Å². The third-order valence-electron chi connectivity index (χ3n) is 3.19. The van der Waals surface area contributed by atoms with Crippen molar-refractivity contribution in [1.82, 2.24) is 0 Å². The van der Waals surface area contributed by atoms with Crippen LogP contribution in [0.1, 0.15) is 60.8 Å². The Labute approximate surface area is 139 Å². The summed E-state index contributed by atoms with van der Waals surface area (Å²) in [7, 11) is -1.81. The molecule has 0 saturated carbocycles. The van der Waals surface area contributed by atoms with Crippen LogP contribution in [0.15, 0.2) is 0 Å². The summed E-state index contributed by atoms with van der Waals surface area (Å²) in [5.41, 5.74) is 0. The molecule has 0 aromatic rings. The van der Waals surface area contributed by atoms with Gasteiger partial charge in [0, 0.05) is 0 Å². The zero-order valence-electron chi connectivity index (χ0n) is 15.5. The Balaban J connectivity index is 5.34. The van der Waals surface area contributed by atoms with E-state index in [1.165, 1.54) is 0 Å². The average molecular weight is 400 g/mol. The van der Waals surface area contributed by atoms with Gasteiger partial charge < -0.3 is 0 Å². The van der Waals surface area contributed by atoms with Crippen LogP contribution in [0.4, 0.5) is 0 Å². The van der Waals surface area contributed by atoms with Crippen molar-refractivity contribution in [3.63, 3.8) is 0 Å². The van der Waals surface area contributed by atoms with Crippen molar-refractivity contribution in [2.75, 3.05) is 0 Å². The quantitative estimate of drug-likeness (QED) is 0.453. The molecule has 0 radical (unpaired) electrons. The van der Waals surface area contributed by atoms with Gasteiger partial charge in [-0.15, -0.1) is 0 Å². The van der Waals surface area contributed by atoms with Crippen LogP contribution >= 0.6 is 0 Å². The van der Waals surface area contributed by atoms with Gasteiger partial charge in [-0.3, -0.25) is 0 Å². The Kier molecular flexibility index (Phi) is 10.4. The Hall–Kier alpha value is 0.940. The molecule has 0 fully saturated rings. The van der Waals surface area contributed by atoms with Crippen LogP contribution in [0.5, 0.6) is 0 Å². The standard InChI is InChI=1S/3C4H9O.C3H9OSi.Zr/c3*1-3-4(2)5;1-5(2,3)4;/h3*4H,3H2,1-2H3;1-3H3;/q4*-1;+4. The molecule has 0 N–H and O–H groups in total. The zero-order chi connectivity index (χ0) is 16.7. The fourth-order valence-corrected chi connectivity index (χ4v) is 14.3. The van der Waals surface area contributed by atoms with Crippen LogP contribution in [0, 0.1) is 0 Å². The van der Waals surface area contributed by atoms with Gasteiger partial charge in [0.15, 0.2) is 0 Å². The third kappa shape index (κ3) is 9.62. The van der Waals surface area contributed by atoms with Gasteiger partial charge in [-0.25, -0.2) is 0 Å². The predicted octanol–water partition coefficient (Wildman–Crippen LogP) is 5.10. The van der Waals surface area contributed by atoms with E-state index in [2.05, 4.69) is 61.2 Å². The first-order chi connectivity index (χ1) is 9.57. The van der Waals surface area contributed by atoms with Gasteiger partial charge >= 0.3 is 140 Å². The molecular formula is C15H36O4SiZr. The summed E-state index contributed by atoms with van der Waals surface area (Å²) in [6.07, 6.45) is 3.10. The van der Waals surface area contributed by atoms with Gasteiger partial charge in [0.2, 0.25) is 0 Å². The van der Waals surface area contributed by atoms with Gasteiger partial charge in [-0.1, -0.05) is 0 Å². The van der Waals surface area contributed by atoms with Crippen molar-refractivity contribution in [3.8, 4) is 0 Å². The van der Waals surface area contributed by atoms with E-state index in [-0.39, 0.29) is 18.3 Å². The minimum absolute atomic E-state index is 0.102. The molecule has 0 aliphatic carbocycles. The Bertz CT molecular complexity index is 252. The van der Waals surface area contributed by atoms with Crippen molar-refractivity contribution in [2.45, 2.75) is 98.8 Å². The van der Waals surface area contributed by atoms with E-state index in [0.29, 0.717) is 0 Å².